The van der Waals surface area contributed by atoms with Crippen LogP contribution in [0.4, 0.5) is 0 Å². The first-order valence-electron chi connectivity index (χ1n) is 9.38. The molecular formula is C23H20N4O2. The molecule has 1 N–H and O–H groups in total. The van der Waals surface area contributed by atoms with E-state index in [4.69, 9.17) is 0 Å². The summed E-state index contributed by atoms with van der Waals surface area (Å²) in [4.78, 5) is 30.0. The second kappa shape index (κ2) is 8.06. The molecule has 6 nitrogen and oxygen atoms in total. The third kappa shape index (κ3) is 3.91. The molecule has 0 bridgehead atoms. The molecule has 0 aliphatic rings. The lowest BCUT2D eigenvalue weighted by Gasteiger charge is -2.16. The average molecular weight is 384 g/mol. The molecule has 1 amide bonds. The summed E-state index contributed by atoms with van der Waals surface area (Å²) in [7, 11) is 0. The maximum Gasteiger partial charge on any atom is 0.274 e. The van der Waals surface area contributed by atoms with E-state index >= 15 is 0 Å². The Hall–Kier alpha value is -3.80. The summed E-state index contributed by atoms with van der Waals surface area (Å²) in [6.45, 7) is 2.19. The van der Waals surface area contributed by atoms with Crippen LogP contribution in [-0.2, 0) is 6.54 Å². The second-order valence-corrected chi connectivity index (χ2v) is 6.82. The minimum absolute atomic E-state index is 0.219. The molecule has 144 valence electrons. The minimum atomic E-state index is -0.327. The van der Waals surface area contributed by atoms with Gasteiger partial charge in [0.05, 0.1) is 18.0 Å². The van der Waals surface area contributed by atoms with Gasteiger partial charge in [-0.2, -0.15) is 5.10 Å². The molecule has 1 atom stereocenters. The second-order valence-electron chi connectivity index (χ2n) is 6.82. The first-order chi connectivity index (χ1) is 14.1. The summed E-state index contributed by atoms with van der Waals surface area (Å²) in [5.74, 6) is -0.327. The highest BCUT2D eigenvalue weighted by Crippen LogP contribution is 2.16. The molecule has 0 aliphatic carbocycles. The Morgan fingerprint density at radius 3 is 2.34 bits per heavy atom. The fraction of sp³-hybridized carbons (Fsp3) is 0.130. The Bertz CT molecular complexity index is 1200. The van der Waals surface area contributed by atoms with Crippen molar-refractivity contribution in [3.8, 4) is 0 Å². The first kappa shape index (κ1) is 18.6. The van der Waals surface area contributed by atoms with Gasteiger partial charge in [-0.1, -0.05) is 48.5 Å². The van der Waals surface area contributed by atoms with Crippen LogP contribution in [0.3, 0.4) is 0 Å². The molecule has 2 heterocycles. The monoisotopic (exact) mass is 384 g/mol. The Kier molecular flexibility index (Phi) is 5.16. The van der Waals surface area contributed by atoms with Crippen LogP contribution < -0.4 is 10.9 Å². The topological polar surface area (TPSA) is 76.9 Å². The lowest BCUT2D eigenvalue weighted by atomic mass is 10.1. The van der Waals surface area contributed by atoms with Crippen LogP contribution in [0.2, 0.25) is 0 Å². The molecule has 0 saturated carbocycles. The highest BCUT2D eigenvalue weighted by atomic mass is 16.2. The van der Waals surface area contributed by atoms with E-state index in [1.165, 1.54) is 4.68 Å². The quantitative estimate of drug-likeness (QED) is 0.573. The summed E-state index contributed by atoms with van der Waals surface area (Å²) >= 11 is 0. The lowest BCUT2D eigenvalue weighted by Crippen LogP contribution is -2.32. The maximum absolute atomic E-state index is 13.1. The van der Waals surface area contributed by atoms with Gasteiger partial charge in [-0.25, -0.2) is 4.68 Å². The summed E-state index contributed by atoms with van der Waals surface area (Å²) in [5, 5.41) is 8.41. The fourth-order valence-corrected chi connectivity index (χ4v) is 3.27. The van der Waals surface area contributed by atoms with Crippen LogP contribution >= 0.6 is 0 Å². The predicted octanol–water partition coefficient (Wildman–Crippen LogP) is 3.33. The number of carbonyl (C=O) groups excluding carboxylic acids is 1. The molecular weight excluding hydrogens is 364 g/mol. The van der Waals surface area contributed by atoms with E-state index in [2.05, 4.69) is 15.4 Å². The van der Waals surface area contributed by atoms with Crippen molar-refractivity contribution in [2.45, 2.75) is 19.5 Å². The third-order valence-corrected chi connectivity index (χ3v) is 4.81. The zero-order chi connectivity index (χ0) is 20.2. The number of amides is 1. The smallest absolute Gasteiger partial charge is 0.274 e. The minimum Gasteiger partial charge on any atom is -0.344 e. The number of benzene rings is 2. The molecule has 29 heavy (non-hydrogen) atoms. The first-order valence-corrected chi connectivity index (χ1v) is 9.38. The Morgan fingerprint density at radius 2 is 1.62 bits per heavy atom. The van der Waals surface area contributed by atoms with Crippen molar-refractivity contribution in [1.29, 1.82) is 0 Å². The van der Waals surface area contributed by atoms with E-state index in [0.29, 0.717) is 17.3 Å². The fourth-order valence-electron chi connectivity index (χ4n) is 3.27. The van der Waals surface area contributed by atoms with Gasteiger partial charge in [-0.15, -0.1) is 0 Å². The van der Waals surface area contributed by atoms with Gasteiger partial charge < -0.3 is 5.32 Å². The van der Waals surface area contributed by atoms with Gasteiger partial charge in [-0.3, -0.25) is 14.6 Å². The van der Waals surface area contributed by atoms with Crippen molar-refractivity contribution in [3.63, 3.8) is 0 Å². The van der Waals surface area contributed by atoms with E-state index in [9.17, 15) is 9.59 Å². The van der Waals surface area contributed by atoms with Gasteiger partial charge in [-0.05, 0) is 36.2 Å². The van der Waals surface area contributed by atoms with Crippen molar-refractivity contribution in [2.24, 2.45) is 0 Å². The number of pyridine rings is 1. The molecule has 0 unspecified atom stereocenters. The molecule has 0 saturated heterocycles. The number of aromatic nitrogens is 3. The number of fused-ring (bicyclic) bond motifs is 1. The highest BCUT2D eigenvalue weighted by Gasteiger charge is 2.19. The third-order valence-electron chi connectivity index (χ3n) is 4.81. The standard InChI is InChI=1S/C23H20N4O2/c1-16(18-11-13-24-14-12-18)25-22(28)21-19-9-5-6-10-20(19)23(29)27(26-21)15-17-7-3-2-4-8-17/h2-14,16H,15H2,1H3,(H,25,28)/t16-/m0/s1. The average Bonchev–Trinajstić information content (AvgIpc) is 2.77. The number of nitrogens with one attached hydrogen (secondary N) is 1. The van der Waals surface area contributed by atoms with Gasteiger partial charge in [0.25, 0.3) is 11.5 Å². The van der Waals surface area contributed by atoms with E-state index in [-0.39, 0.29) is 23.2 Å². The van der Waals surface area contributed by atoms with Gasteiger partial charge in [0.1, 0.15) is 0 Å². The van der Waals surface area contributed by atoms with Crippen LogP contribution in [0.1, 0.15) is 34.6 Å². The van der Waals surface area contributed by atoms with Gasteiger partial charge in [0, 0.05) is 17.8 Å². The van der Waals surface area contributed by atoms with Crippen molar-refractivity contribution < 1.29 is 4.79 Å². The van der Waals surface area contributed by atoms with Crippen molar-refractivity contribution in [1.82, 2.24) is 20.1 Å². The normalized spacial score (nSPS) is 11.9. The molecule has 4 aromatic rings. The van der Waals surface area contributed by atoms with Crippen LogP contribution in [0.5, 0.6) is 0 Å². The summed E-state index contributed by atoms with van der Waals surface area (Å²) in [6, 6.07) is 20.1. The largest absolute Gasteiger partial charge is 0.344 e. The Labute approximate surface area is 167 Å². The van der Waals surface area contributed by atoms with E-state index in [0.717, 1.165) is 11.1 Å². The molecule has 0 spiro atoms. The molecule has 4 rings (SSSR count). The molecule has 0 aliphatic heterocycles. The van der Waals surface area contributed by atoms with Crippen molar-refractivity contribution in [3.05, 3.63) is 106 Å². The SMILES string of the molecule is C[C@H](NC(=O)c1nn(Cc2ccccc2)c(=O)c2ccccc12)c1ccncc1. The van der Waals surface area contributed by atoms with E-state index in [1.54, 1.807) is 36.7 Å². The molecule has 0 radical (unpaired) electrons. The van der Waals surface area contributed by atoms with Crippen LogP contribution in [0.15, 0.2) is 83.9 Å². The zero-order valence-electron chi connectivity index (χ0n) is 15.9. The number of hydrogen-bond donors (Lipinski definition) is 1. The lowest BCUT2D eigenvalue weighted by molar-refractivity contribution is 0.0934. The molecule has 6 heteroatoms. The number of rotatable bonds is 5. The number of nitrogens with zero attached hydrogens (tertiary/aromatic N) is 3. The zero-order valence-corrected chi connectivity index (χ0v) is 15.9. The summed E-state index contributed by atoms with van der Waals surface area (Å²) < 4.78 is 1.35. The van der Waals surface area contributed by atoms with Gasteiger partial charge in [0.15, 0.2) is 5.69 Å². The van der Waals surface area contributed by atoms with E-state index in [1.807, 2.05) is 49.4 Å². The Morgan fingerprint density at radius 1 is 0.966 bits per heavy atom. The Balaban J connectivity index is 1.74. The molecule has 0 fully saturated rings. The highest BCUT2D eigenvalue weighted by molar-refractivity contribution is 6.04. The summed E-state index contributed by atoms with van der Waals surface area (Å²) in [5.41, 5.74) is 1.89. The number of hydrogen-bond acceptors (Lipinski definition) is 4. The predicted molar refractivity (Wildman–Crippen MR) is 112 cm³/mol. The number of carbonyl (C=O) groups is 1. The maximum atomic E-state index is 13.1. The van der Waals surface area contributed by atoms with Crippen LogP contribution in [0, 0.1) is 0 Å². The van der Waals surface area contributed by atoms with E-state index < -0.39 is 0 Å². The van der Waals surface area contributed by atoms with Gasteiger partial charge >= 0.3 is 0 Å². The van der Waals surface area contributed by atoms with Crippen LogP contribution in [-0.4, -0.2) is 20.7 Å². The summed E-state index contributed by atoms with van der Waals surface area (Å²) in [6.07, 6.45) is 3.37. The van der Waals surface area contributed by atoms with Crippen molar-refractivity contribution in [2.75, 3.05) is 0 Å². The molecule has 2 aromatic carbocycles. The molecule has 2 aromatic heterocycles. The van der Waals surface area contributed by atoms with Crippen LogP contribution in [0.25, 0.3) is 10.8 Å². The van der Waals surface area contributed by atoms with Gasteiger partial charge in [0.2, 0.25) is 0 Å². The van der Waals surface area contributed by atoms with Crippen molar-refractivity contribution >= 4 is 16.7 Å².